The summed E-state index contributed by atoms with van der Waals surface area (Å²) in [4.78, 5) is 20.3. The second kappa shape index (κ2) is 1.56. The lowest BCUT2D eigenvalue weighted by molar-refractivity contribution is -0.134. The summed E-state index contributed by atoms with van der Waals surface area (Å²) < 4.78 is 0. The smallest absolute Gasteiger partial charge is 0.289 e. The topological polar surface area (TPSA) is 66.4 Å². The highest BCUT2D eigenvalue weighted by Gasteiger charge is 2.27. The highest BCUT2D eigenvalue weighted by Crippen LogP contribution is 1.95. The molecular formula is C4H4NO3. The Bertz CT molecular complexity index is 126. The standard InChI is InChI=1S/C4H4NO3/c6-2-1-3(7)5-4(2)8/h1,3,7H,(H,5,8). The third kappa shape index (κ3) is 0.696. The van der Waals surface area contributed by atoms with Gasteiger partial charge in [0.2, 0.25) is 5.78 Å². The minimum Gasteiger partial charge on any atom is -0.373 e. The van der Waals surface area contributed by atoms with Crippen LogP contribution in [-0.4, -0.2) is 23.0 Å². The van der Waals surface area contributed by atoms with Crippen molar-refractivity contribution in [2.75, 3.05) is 0 Å². The third-order valence-electron chi connectivity index (χ3n) is 0.812. The van der Waals surface area contributed by atoms with Crippen LogP contribution < -0.4 is 5.32 Å². The van der Waals surface area contributed by atoms with E-state index in [1.165, 1.54) is 0 Å². The van der Waals surface area contributed by atoms with Gasteiger partial charge in [0, 0.05) is 0 Å². The van der Waals surface area contributed by atoms with Crippen LogP contribution in [0.25, 0.3) is 0 Å². The van der Waals surface area contributed by atoms with E-state index < -0.39 is 17.9 Å². The van der Waals surface area contributed by atoms with Crippen LogP contribution in [0.1, 0.15) is 0 Å². The molecular weight excluding hydrogens is 110 g/mol. The summed E-state index contributed by atoms with van der Waals surface area (Å²) in [5.74, 6) is -1.41. The Morgan fingerprint density at radius 3 is 2.38 bits per heavy atom. The molecule has 1 fully saturated rings. The van der Waals surface area contributed by atoms with Crippen LogP contribution in [0.3, 0.4) is 0 Å². The molecule has 0 aliphatic carbocycles. The van der Waals surface area contributed by atoms with Crippen LogP contribution in [-0.2, 0) is 9.59 Å². The van der Waals surface area contributed by atoms with Crippen LogP contribution in [0.2, 0.25) is 0 Å². The van der Waals surface area contributed by atoms with Crippen molar-refractivity contribution in [1.82, 2.24) is 5.32 Å². The summed E-state index contributed by atoms with van der Waals surface area (Å²) in [5, 5.41) is 10.4. The lowest BCUT2D eigenvalue weighted by Gasteiger charge is -1.93. The fourth-order valence-corrected chi connectivity index (χ4v) is 0.466. The molecule has 8 heavy (non-hydrogen) atoms. The van der Waals surface area contributed by atoms with E-state index in [0.717, 1.165) is 6.42 Å². The Kier molecular flexibility index (Phi) is 1.02. The summed E-state index contributed by atoms with van der Waals surface area (Å²) in [6.07, 6.45) is -0.155. The summed E-state index contributed by atoms with van der Waals surface area (Å²) >= 11 is 0. The van der Waals surface area contributed by atoms with Crippen LogP contribution >= 0.6 is 0 Å². The quantitative estimate of drug-likeness (QED) is 0.365. The predicted octanol–water partition coefficient (Wildman–Crippen LogP) is -1.79. The second-order valence-corrected chi connectivity index (χ2v) is 1.45. The molecule has 4 nitrogen and oxygen atoms in total. The molecule has 1 saturated heterocycles. The van der Waals surface area contributed by atoms with E-state index in [1.54, 1.807) is 0 Å². The average Bonchev–Trinajstić information content (AvgIpc) is 1.85. The Morgan fingerprint density at radius 1 is 1.62 bits per heavy atom. The first-order chi connectivity index (χ1) is 3.70. The molecule has 1 amide bonds. The number of hydrogen-bond donors (Lipinski definition) is 2. The number of amides is 1. The maximum atomic E-state index is 10.2. The fraction of sp³-hybridized carbons (Fsp3) is 0.250. The number of carbonyl (C=O) groups is 2. The van der Waals surface area contributed by atoms with Crippen LogP contribution in [0, 0.1) is 6.42 Å². The van der Waals surface area contributed by atoms with Crippen molar-refractivity contribution in [3.05, 3.63) is 6.42 Å². The van der Waals surface area contributed by atoms with Crippen molar-refractivity contribution in [2.24, 2.45) is 0 Å². The van der Waals surface area contributed by atoms with E-state index in [-0.39, 0.29) is 0 Å². The average molecular weight is 114 g/mol. The third-order valence-corrected chi connectivity index (χ3v) is 0.812. The zero-order valence-electron chi connectivity index (χ0n) is 3.92. The summed E-state index contributed by atoms with van der Waals surface area (Å²) in [6.45, 7) is 0. The number of ketones is 1. The van der Waals surface area contributed by atoms with E-state index in [1.807, 2.05) is 5.32 Å². The molecule has 2 N–H and O–H groups in total. The monoisotopic (exact) mass is 114 g/mol. The molecule has 1 atom stereocenters. The molecule has 0 aromatic heterocycles. The highest BCUT2D eigenvalue weighted by molar-refractivity contribution is 6.41. The first kappa shape index (κ1) is 5.24. The molecule has 1 unspecified atom stereocenters. The summed E-state index contributed by atoms with van der Waals surface area (Å²) in [7, 11) is 0. The van der Waals surface area contributed by atoms with Gasteiger partial charge in [-0.3, -0.25) is 9.59 Å². The largest absolute Gasteiger partial charge is 0.373 e. The van der Waals surface area contributed by atoms with Crippen molar-refractivity contribution in [2.45, 2.75) is 6.23 Å². The minimum absolute atomic E-state index is 0.669. The maximum Gasteiger partial charge on any atom is 0.289 e. The van der Waals surface area contributed by atoms with Gasteiger partial charge in [-0.2, -0.15) is 0 Å². The van der Waals surface area contributed by atoms with E-state index in [2.05, 4.69) is 0 Å². The maximum absolute atomic E-state index is 10.2. The molecule has 1 aliphatic heterocycles. The molecule has 1 rings (SSSR count). The van der Waals surface area contributed by atoms with Gasteiger partial charge in [-0.05, 0) is 0 Å². The number of nitrogens with one attached hydrogen (secondary N) is 1. The van der Waals surface area contributed by atoms with Crippen LogP contribution in [0.5, 0.6) is 0 Å². The molecule has 0 bridgehead atoms. The van der Waals surface area contributed by atoms with Crippen molar-refractivity contribution in [3.63, 3.8) is 0 Å². The normalized spacial score (nSPS) is 28.4. The number of Topliss-reactive ketones (excluding diaryl/α,β-unsaturated/α-hetero) is 1. The van der Waals surface area contributed by atoms with Crippen molar-refractivity contribution in [1.29, 1.82) is 0 Å². The molecule has 0 aromatic rings. The first-order valence-corrected chi connectivity index (χ1v) is 2.08. The van der Waals surface area contributed by atoms with E-state index in [4.69, 9.17) is 5.11 Å². The lowest BCUT2D eigenvalue weighted by Crippen LogP contribution is -2.25. The Balaban J connectivity index is 2.64. The molecule has 1 heterocycles. The molecule has 43 valence electrons. The van der Waals surface area contributed by atoms with Crippen molar-refractivity contribution in [3.8, 4) is 0 Å². The number of hydrogen-bond acceptors (Lipinski definition) is 3. The number of rotatable bonds is 0. The summed E-state index contributed by atoms with van der Waals surface area (Å²) in [5.41, 5.74) is 0. The zero-order valence-corrected chi connectivity index (χ0v) is 3.92. The van der Waals surface area contributed by atoms with Gasteiger partial charge in [0.25, 0.3) is 5.91 Å². The Labute approximate surface area is 45.5 Å². The molecule has 1 aliphatic rings. The van der Waals surface area contributed by atoms with Gasteiger partial charge in [-0.1, -0.05) is 0 Å². The van der Waals surface area contributed by atoms with Gasteiger partial charge in [-0.25, -0.2) is 0 Å². The lowest BCUT2D eigenvalue weighted by atomic mass is 10.3. The van der Waals surface area contributed by atoms with E-state index >= 15 is 0 Å². The van der Waals surface area contributed by atoms with Gasteiger partial charge in [-0.15, -0.1) is 0 Å². The molecule has 4 heteroatoms. The Morgan fingerprint density at radius 2 is 2.25 bits per heavy atom. The molecule has 1 radical (unpaired) electrons. The predicted molar refractivity (Wildman–Crippen MR) is 23.5 cm³/mol. The van der Waals surface area contributed by atoms with Gasteiger partial charge in [0.05, 0.1) is 6.42 Å². The molecule has 0 saturated carbocycles. The van der Waals surface area contributed by atoms with Crippen molar-refractivity contribution < 1.29 is 14.7 Å². The second-order valence-electron chi connectivity index (χ2n) is 1.45. The van der Waals surface area contributed by atoms with E-state index in [0.29, 0.717) is 0 Å². The summed E-state index contributed by atoms with van der Waals surface area (Å²) in [6, 6.07) is 0. The van der Waals surface area contributed by atoms with Gasteiger partial charge >= 0.3 is 0 Å². The van der Waals surface area contributed by atoms with Crippen molar-refractivity contribution >= 4 is 11.7 Å². The van der Waals surface area contributed by atoms with E-state index in [9.17, 15) is 9.59 Å². The molecule has 0 spiro atoms. The van der Waals surface area contributed by atoms with Gasteiger partial charge < -0.3 is 10.4 Å². The number of aliphatic hydroxyl groups excluding tert-OH is 1. The van der Waals surface area contributed by atoms with Crippen LogP contribution in [0.4, 0.5) is 0 Å². The van der Waals surface area contributed by atoms with Gasteiger partial charge in [0.1, 0.15) is 6.23 Å². The first-order valence-electron chi connectivity index (χ1n) is 2.08. The Hall–Kier alpha value is -0.900. The zero-order chi connectivity index (χ0) is 6.15. The number of aliphatic hydroxyl groups is 1. The van der Waals surface area contributed by atoms with Crippen LogP contribution in [0.15, 0.2) is 0 Å². The minimum atomic E-state index is -1.07. The number of carbonyl (C=O) groups excluding carboxylic acids is 2. The fourth-order valence-electron chi connectivity index (χ4n) is 0.466. The highest BCUT2D eigenvalue weighted by atomic mass is 16.3. The van der Waals surface area contributed by atoms with Gasteiger partial charge in [0.15, 0.2) is 0 Å². The molecule has 0 aromatic carbocycles. The SMILES string of the molecule is O=C1[CH]C(O)NC1=O.